The maximum atomic E-state index is 10.5. The minimum atomic E-state index is 0.703. The van der Waals surface area contributed by atoms with Gasteiger partial charge in [-0.15, -0.1) is 0 Å². The highest BCUT2D eigenvalue weighted by Crippen LogP contribution is 2.09. The van der Waals surface area contributed by atoms with Crippen molar-refractivity contribution in [1.82, 2.24) is 0 Å². The lowest BCUT2D eigenvalue weighted by atomic mass is 10.1. The molecule has 0 unspecified atom stereocenters. The van der Waals surface area contributed by atoms with E-state index in [4.69, 9.17) is 0 Å². The summed E-state index contributed by atoms with van der Waals surface area (Å²) in [5, 5.41) is 0. The monoisotopic (exact) mass is 522 g/mol. The second kappa shape index (κ2) is 19.6. The molecular formula is C35H42N2O2+2. The largest absolute Gasteiger partial charge is 0.298 e. The van der Waals surface area contributed by atoms with Gasteiger partial charge in [0.1, 0.15) is 26.7 Å². The number of pyridine rings is 2. The zero-order valence-electron chi connectivity index (χ0n) is 24.1. The van der Waals surface area contributed by atoms with Crippen molar-refractivity contribution >= 4 is 36.9 Å². The van der Waals surface area contributed by atoms with Crippen molar-refractivity contribution in [2.75, 3.05) is 0 Å². The quantitative estimate of drug-likeness (QED) is 0.195. The Kier molecular flexibility index (Phi) is 16.4. The Bertz CT molecular complexity index is 1170. The molecular weight excluding hydrogens is 480 g/mol. The third kappa shape index (κ3) is 13.6. The molecule has 0 aliphatic carbocycles. The summed E-state index contributed by atoms with van der Waals surface area (Å²) in [7, 11) is 3.98. The molecule has 0 aliphatic heterocycles. The lowest BCUT2D eigenvalue weighted by Gasteiger charge is -1.94. The first-order valence-corrected chi connectivity index (χ1v) is 13.3. The second-order valence-electron chi connectivity index (χ2n) is 8.54. The van der Waals surface area contributed by atoms with Gasteiger partial charge in [-0.05, 0) is 22.3 Å². The number of hydrogen-bond acceptors (Lipinski definition) is 2. The number of aldehydes is 2. The Hall–Kier alpha value is -4.44. The lowest BCUT2D eigenvalue weighted by molar-refractivity contribution is -0.671. The number of carbonyl (C=O) groups excluding carboxylic acids is 2. The average molecular weight is 523 g/mol. The van der Waals surface area contributed by atoms with E-state index < -0.39 is 0 Å². The Morgan fingerprint density at radius 1 is 0.462 bits per heavy atom. The van der Waals surface area contributed by atoms with Gasteiger partial charge >= 0.3 is 0 Å². The van der Waals surface area contributed by atoms with Crippen LogP contribution >= 0.6 is 0 Å². The van der Waals surface area contributed by atoms with Gasteiger partial charge in [-0.1, -0.05) is 107 Å². The number of aryl methyl sites for hydroxylation is 2. The van der Waals surface area contributed by atoms with Crippen molar-refractivity contribution in [1.29, 1.82) is 0 Å². The molecule has 0 amide bonds. The maximum Gasteiger partial charge on any atom is 0.169 e. The van der Waals surface area contributed by atoms with Crippen LogP contribution in [0.2, 0.25) is 0 Å². The second-order valence-corrected chi connectivity index (χ2v) is 8.54. The molecule has 0 fully saturated rings. The number of carbonyl (C=O) groups is 2. The molecule has 202 valence electrons. The molecule has 0 aliphatic rings. The molecule has 0 radical (unpaired) electrons. The van der Waals surface area contributed by atoms with E-state index in [0.717, 1.165) is 34.8 Å². The van der Waals surface area contributed by atoms with Crippen LogP contribution < -0.4 is 9.13 Å². The van der Waals surface area contributed by atoms with Crippen LogP contribution in [0.4, 0.5) is 0 Å². The van der Waals surface area contributed by atoms with Gasteiger partial charge < -0.3 is 0 Å². The van der Waals surface area contributed by atoms with Gasteiger partial charge in [0.2, 0.25) is 0 Å². The van der Waals surface area contributed by atoms with Crippen molar-refractivity contribution in [2.24, 2.45) is 14.1 Å². The summed E-state index contributed by atoms with van der Waals surface area (Å²) in [6.45, 7) is 8.25. The molecule has 2 aromatic carbocycles. The fraction of sp³-hybridized carbons (Fsp3) is 0.200. The highest BCUT2D eigenvalue weighted by Gasteiger charge is 1.94. The van der Waals surface area contributed by atoms with Crippen molar-refractivity contribution in [2.45, 2.75) is 34.1 Å². The lowest BCUT2D eigenvalue weighted by Crippen LogP contribution is -2.25. The fourth-order valence-corrected chi connectivity index (χ4v) is 3.00. The first kappa shape index (κ1) is 32.6. The van der Waals surface area contributed by atoms with Crippen LogP contribution in [0.15, 0.2) is 97.6 Å². The minimum absolute atomic E-state index is 0.703. The van der Waals surface area contributed by atoms with Crippen LogP contribution in [0.5, 0.6) is 0 Å². The smallest absolute Gasteiger partial charge is 0.169 e. The van der Waals surface area contributed by atoms with Crippen LogP contribution in [0.3, 0.4) is 0 Å². The number of aromatic nitrogens is 2. The van der Waals surface area contributed by atoms with Crippen LogP contribution in [0.1, 0.15) is 77.1 Å². The molecule has 0 atom stereocenters. The van der Waals surface area contributed by atoms with Crippen LogP contribution in [0, 0.1) is 0 Å². The van der Waals surface area contributed by atoms with Gasteiger partial charge in [-0.25, -0.2) is 9.13 Å². The average Bonchev–Trinajstić information content (AvgIpc) is 2.99. The standard InChI is InChI=1S/2C15H14NO.C3H8.C2H6/c2*1-16-10-8-14(9-11-16)3-2-13-4-6-15(12-17)7-5-13;1-3-2;1-2/h2*2-12H,1H3;3H2,1-2H3;1-2H3/q2*+1;;/b2*3-2+;;. The maximum absolute atomic E-state index is 10.5. The Morgan fingerprint density at radius 3 is 0.897 bits per heavy atom. The summed E-state index contributed by atoms with van der Waals surface area (Å²) in [5.74, 6) is 0. The Morgan fingerprint density at radius 2 is 0.667 bits per heavy atom. The number of benzene rings is 2. The SMILES string of the molecule is CC.CCC.C[n+]1ccc(/C=C/c2ccc(C=O)cc2)cc1.C[n+]1ccc(/C=C/c2ccc(C=O)cc2)cc1. The van der Waals surface area contributed by atoms with Crippen LogP contribution in [-0.2, 0) is 14.1 Å². The molecule has 4 nitrogen and oxygen atoms in total. The molecule has 39 heavy (non-hydrogen) atoms. The van der Waals surface area contributed by atoms with E-state index in [-0.39, 0.29) is 0 Å². The van der Waals surface area contributed by atoms with Gasteiger partial charge in [-0.3, -0.25) is 9.59 Å². The molecule has 0 spiro atoms. The zero-order chi connectivity index (χ0) is 28.9. The first-order valence-electron chi connectivity index (χ1n) is 13.3. The normalized spacial score (nSPS) is 9.90. The molecule has 0 N–H and O–H groups in total. The summed E-state index contributed by atoms with van der Waals surface area (Å²) >= 11 is 0. The highest BCUT2D eigenvalue weighted by atomic mass is 16.1. The molecule has 0 bridgehead atoms. The third-order valence-electron chi connectivity index (χ3n) is 5.09. The number of rotatable bonds is 6. The van der Waals surface area contributed by atoms with E-state index in [9.17, 15) is 9.59 Å². The molecule has 4 rings (SSSR count). The molecule has 0 saturated heterocycles. The Labute approximate surface area is 234 Å². The molecule has 4 aromatic rings. The van der Waals surface area contributed by atoms with E-state index >= 15 is 0 Å². The first-order chi connectivity index (χ1) is 19.0. The van der Waals surface area contributed by atoms with Gasteiger partial charge in [0.05, 0.1) is 0 Å². The van der Waals surface area contributed by atoms with Gasteiger partial charge in [0.15, 0.2) is 24.8 Å². The molecule has 2 heterocycles. The molecule has 4 heteroatoms. The summed E-state index contributed by atoms with van der Waals surface area (Å²) in [4.78, 5) is 21.0. The number of hydrogen-bond donors (Lipinski definition) is 0. The summed E-state index contributed by atoms with van der Waals surface area (Å²) in [6.07, 6.45) is 19.2. The molecule has 0 saturated carbocycles. The third-order valence-corrected chi connectivity index (χ3v) is 5.09. The van der Waals surface area contributed by atoms with E-state index in [1.807, 2.05) is 123 Å². The predicted molar refractivity (Wildman–Crippen MR) is 164 cm³/mol. The van der Waals surface area contributed by atoms with E-state index in [1.165, 1.54) is 6.42 Å². The van der Waals surface area contributed by atoms with Crippen molar-refractivity contribution < 1.29 is 18.7 Å². The Balaban J connectivity index is 0.000000335. The topological polar surface area (TPSA) is 41.9 Å². The van der Waals surface area contributed by atoms with Gasteiger partial charge in [0.25, 0.3) is 0 Å². The number of nitrogens with zero attached hydrogens (tertiary/aromatic N) is 2. The van der Waals surface area contributed by atoms with Crippen molar-refractivity contribution in [3.8, 4) is 0 Å². The predicted octanol–water partition coefficient (Wildman–Crippen LogP) is 7.43. The zero-order valence-corrected chi connectivity index (χ0v) is 24.1. The summed E-state index contributed by atoms with van der Waals surface area (Å²) in [5.41, 5.74) is 5.89. The van der Waals surface area contributed by atoms with Crippen LogP contribution in [-0.4, -0.2) is 12.6 Å². The van der Waals surface area contributed by atoms with Crippen molar-refractivity contribution in [3.63, 3.8) is 0 Å². The molecule has 2 aromatic heterocycles. The van der Waals surface area contributed by atoms with E-state index in [0.29, 0.717) is 11.1 Å². The van der Waals surface area contributed by atoms with Gasteiger partial charge in [-0.2, -0.15) is 0 Å². The van der Waals surface area contributed by atoms with E-state index in [2.05, 4.69) is 50.3 Å². The minimum Gasteiger partial charge on any atom is -0.298 e. The fourth-order valence-electron chi connectivity index (χ4n) is 3.00. The highest BCUT2D eigenvalue weighted by molar-refractivity contribution is 5.77. The van der Waals surface area contributed by atoms with Crippen LogP contribution in [0.25, 0.3) is 24.3 Å². The van der Waals surface area contributed by atoms with Crippen molar-refractivity contribution in [3.05, 3.63) is 131 Å². The summed E-state index contributed by atoms with van der Waals surface area (Å²) in [6, 6.07) is 23.2. The summed E-state index contributed by atoms with van der Waals surface area (Å²) < 4.78 is 3.99. The van der Waals surface area contributed by atoms with E-state index in [1.54, 1.807) is 0 Å². The van der Waals surface area contributed by atoms with Gasteiger partial charge in [0, 0.05) is 35.4 Å².